The van der Waals surface area contributed by atoms with Crippen molar-refractivity contribution in [3.05, 3.63) is 63.1 Å². The Morgan fingerprint density at radius 1 is 1.19 bits per heavy atom. The predicted octanol–water partition coefficient (Wildman–Crippen LogP) is 4.73. The van der Waals surface area contributed by atoms with Gasteiger partial charge in [0.05, 0.1) is 6.10 Å². The highest BCUT2D eigenvalue weighted by Crippen LogP contribution is 2.28. The van der Waals surface area contributed by atoms with Gasteiger partial charge in [-0.2, -0.15) is 0 Å². The molecule has 112 valence electrons. The third-order valence-corrected chi connectivity index (χ3v) is 3.65. The molecular formula is C15H13Cl2F2NO. The first-order chi connectivity index (χ1) is 9.90. The highest BCUT2D eigenvalue weighted by molar-refractivity contribution is 6.33. The first-order valence-electron chi connectivity index (χ1n) is 6.21. The van der Waals surface area contributed by atoms with Crippen molar-refractivity contribution >= 4 is 28.9 Å². The number of halogens is 4. The summed E-state index contributed by atoms with van der Waals surface area (Å²) in [6.45, 7) is 1.43. The number of aryl methyl sites for hydroxylation is 1. The Balaban J connectivity index is 2.17. The second kappa shape index (κ2) is 6.60. The van der Waals surface area contributed by atoms with E-state index in [4.69, 9.17) is 23.2 Å². The molecule has 21 heavy (non-hydrogen) atoms. The normalized spacial score (nSPS) is 12.3. The highest BCUT2D eigenvalue weighted by Gasteiger charge is 2.16. The molecule has 2 aromatic carbocycles. The Bertz CT molecular complexity index is 664. The molecule has 2 nitrogen and oxygen atoms in total. The summed E-state index contributed by atoms with van der Waals surface area (Å²) < 4.78 is 27.4. The van der Waals surface area contributed by atoms with Crippen LogP contribution in [0.1, 0.15) is 17.2 Å². The molecule has 2 aromatic rings. The van der Waals surface area contributed by atoms with Gasteiger partial charge in [-0.05, 0) is 36.8 Å². The SMILES string of the molecule is Cc1ccc(F)c(NCC(O)c2cc(Cl)ccc2Cl)c1F. The minimum Gasteiger partial charge on any atom is -0.387 e. The van der Waals surface area contributed by atoms with Crippen LogP contribution in [0, 0.1) is 18.6 Å². The lowest BCUT2D eigenvalue weighted by Gasteiger charge is -2.16. The van der Waals surface area contributed by atoms with Crippen molar-refractivity contribution in [1.82, 2.24) is 0 Å². The van der Waals surface area contributed by atoms with E-state index in [9.17, 15) is 13.9 Å². The van der Waals surface area contributed by atoms with Gasteiger partial charge in [-0.1, -0.05) is 29.3 Å². The zero-order valence-corrected chi connectivity index (χ0v) is 12.6. The summed E-state index contributed by atoms with van der Waals surface area (Å²) >= 11 is 11.8. The van der Waals surface area contributed by atoms with Gasteiger partial charge in [0.25, 0.3) is 0 Å². The summed E-state index contributed by atoms with van der Waals surface area (Å²) in [6, 6.07) is 7.17. The van der Waals surface area contributed by atoms with E-state index in [-0.39, 0.29) is 12.2 Å². The average Bonchev–Trinajstić information content (AvgIpc) is 2.45. The molecule has 2 rings (SSSR count). The van der Waals surface area contributed by atoms with Crippen LogP contribution >= 0.6 is 23.2 Å². The van der Waals surface area contributed by atoms with Crippen LogP contribution in [0.15, 0.2) is 30.3 Å². The summed E-state index contributed by atoms with van der Waals surface area (Å²) in [7, 11) is 0. The maximum Gasteiger partial charge on any atom is 0.152 e. The van der Waals surface area contributed by atoms with Crippen molar-refractivity contribution < 1.29 is 13.9 Å². The lowest BCUT2D eigenvalue weighted by atomic mass is 10.1. The maximum absolute atomic E-state index is 13.8. The molecule has 0 aliphatic carbocycles. The molecule has 0 amide bonds. The molecule has 1 unspecified atom stereocenters. The van der Waals surface area contributed by atoms with E-state index in [2.05, 4.69) is 5.32 Å². The van der Waals surface area contributed by atoms with Crippen LogP contribution in [-0.2, 0) is 0 Å². The molecule has 0 bridgehead atoms. The molecule has 0 aliphatic heterocycles. The number of nitrogens with one attached hydrogen (secondary N) is 1. The minimum absolute atomic E-state index is 0.0998. The van der Waals surface area contributed by atoms with Gasteiger partial charge in [0.2, 0.25) is 0 Å². The molecular weight excluding hydrogens is 319 g/mol. The van der Waals surface area contributed by atoms with E-state index < -0.39 is 17.7 Å². The Labute approximate surface area is 131 Å². The van der Waals surface area contributed by atoms with Crippen molar-refractivity contribution in [2.24, 2.45) is 0 Å². The van der Waals surface area contributed by atoms with E-state index in [0.29, 0.717) is 21.2 Å². The molecule has 0 fully saturated rings. The fraction of sp³-hybridized carbons (Fsp3) is 0.200. The third-order valence-electron chi connectivity index (χ3n) is 3.07. The Kier molecular flexibility index (Phi) is 5.04. The molecule has 0 radical (unpaired) electrons. The molecule has 0 aromatic heterocycles. The first-order valence-corrected chi connectivity index (χ1v) is 6.97. The Morgan fingerprint density at radius 2 is 1.90 bits per heavy atom. The van der Waals surface area contributed by atoms with E-state index in [1.807, 2.05) is 0 Å². The lowest BCUT2D eigenvalue weighted by Crippen LogP contribution is -2.14. The van der Waals surface area contributed by atoms with Crippen molar-refractivity contribution in [2.45, 2.75) is 13.0 Å². The molecule has 2 N–H and O–H groups in total. The van der Waals surface area contributed by atoms with E-state index >= 15 is 0 Å². The Morgan fingerprint density at radius 3 is 2.62 bits per heavy atom. The summed E-state index contributed by atoms with van der Waals surface area (Å²) in [5.41, 5.74) is 0.437. The molecule has 1 atom stereocenters. The summed E-state index contributed by atoms with van der Waals surface area (Å²) in [5, 5.41) is 13.4. The van der Waals surface area contributed by atoms with Gasteiger partial charge in [0.15, 0.2) is 5.82 Å². The summed E-state index contributed by atoms with van der Waals surface area (Å²) in [5.74, 6) is -1.40. The van der Waals surface area contributed by atoms with Crippen molar-refractivity contribution in [1.29, 1.82) is 0 Å². The topological polar surface area (TPSA) is 32.3 Å². The lowest BCUT2D eigenvalue weighted by molar-refractivity contribution is 0.191. The number of rotatable bonds is 4. The zero-order chi connectivity index (χ0) is 15.6. The molecule has 0 saturated carbocycles. The van der Waals surface area contributed by atoms with Crippen LogP contribution in [0.4, 0.5) is 14.5 Å². The number of hydrogen-bond donors (Lipinski definition) is 2. The maximum atomic E-state index is 13.8. The standard InChI is InChI=1S/C15H13Cl2F2NO/c1-8-2-5-12(18)15(14(8)19)20-7-13(21)10-6-9(16)3-4-11(10)17/h2-6,13,20-21H,7H2,1H3. The van der Waals surface area contributed by atoms with Crippen LogP contribution in [0.5, 0.6) is 0 Å². The largest absolute Gasteiger partial charge is 0.387 e. The van der Waals surface area contributed by atoms with Crippen molar-refractivity contribution in [3.63, 3.8) is 0 Å². The van der Waals surface area contributed by atoms with Crippen LogP contribution in [0.2, 0.25) is 10.0 Å². The number of aliphatic hydroxyl groups is 1. The summed E-state index contributed by atoms with van der Waals surface area (Å²) in [4.78, 5) is 0. The molecule has 0 aliphatic rings. The number of benzene rings is 2. The van der Waals surface area contributed by atoms with Gasteiger partial charge in [-0.15, -0.1) is 0 Å². The number of hydrogen-bond acceptors (Lipinski definition) is 2. The highest BCUT2D eigenvalue weighted by atomic mass is 35.5. The third kappa shape index (κ3) is 3.64. The summed E-state index contributed by atoms with van der Waals surface area (Å²) in [6.07, 6.45) is -1.05. The fourth-order valence-electron chi connectivity index (χ4n) is 1.90. The van der Waals surface area contributed by atoms with E-state index in [1.54, 1.807) is 12.1 Å². The average molecular weight is 332 g/mol. The molecule has 0 heterocycles. The first kappa shape index (κ1) is 16.0. The van der Waals surface area contributed by atoms with Crippen LogP contribution < -0.4 is 5.32 Å². The zero-order valence-electron chi connectivity index (χ0n) is 11.1. The van der Waals surface area contributed by atoms with Crippen molar-refractivity contribution in [2.75, 3.05) is 11.9 Å². The monoisotopic (exact) mass is 331 g/mol. The van der Waals surface area contributed by atoms with Gasteiger partial charge in [-0.3, -0.25) is 0 Å². The van der Waals surface area contributed by atoms with E-state index in [1.165, 1.54) is 25.1 Å². The van der Waals surface area contributed by atoms with E-state index in [0.717, 1.165) is 0 Å². The fourth-order valence-corrected chi connectivity index (χ4v) is 2.32. The predicted molar refractivity (Wildman–Crippen MR) is 81.0 cm³/mol. The molecule has 0 saturated heterocycles. The van der Waals surface area contributed by atoms with Crippen LogP contribution in [-0.4, -0.2) is 11.7 Å². The van der Waals surface area contributed by atoms with Gasteiger partial charge in [0, 0.05) is 22.2 Å². The quantitative estimate of drug-likeness (QED) is 0.849. The Hall–Kier alpha value is -1.36. The second-order valence-electron chi connectivity index (χ2n) is 4.62. The molecule has 0 spiro atoms. The van der Waals surface area contributed by atoms with Gasteiger partial charge < -0.3 is 10.4 Å². The van der Waals surface area contributed by atoms with Crippen LogP contribution in [0.25, 0.3) is 0 Å². The van der Waals surface area contributed by atoms with Gasteiger partial charge in [-0.25, -0.2) is 8.78 Å². The van der Waals surface area contributed by atoms with Gasteiger partial charge >= 0.3 is 0 Å². The van der Waals surface area contributed by atoms with Crippen molar-refractivity contribution in [3.8, 4) is 0 Å². The number of anilines is 1. The minimum atomic E-state index is -1.05. The number of aliphatic hydroxyl groups excluding tert-OH is 1. The molecule has 6 heteroatoms. The van der Waals surface area contributed by atoms with Crippen LogP contribution in [0.3, 0.4) is 0 Å². The van der Waals surface area contributed by atoms with Gasteiger partial charge in [0.1, 0.15) is 11.5 Å². The second-order valence-corrected chi connectivity index (χ2v) is 5.46. The smallest absolute Gasteiger partial charge is 0.152 e.